The van der Waals surface area contributed by atoms with E-state index in [1.807, 2.05) is 48.5 Å². The van der Waals surface area contributed by atoms with Crippen molar-refractivity contribution in [2.45, 2.75) is 9.92 Å². The van der Waals surface area contributed by atoms with Gasteiger partial charge < -0.3 is 4.74 Å². The predicted octanol–water partition coefficient (Wildman–Crippen LogP) is 4.88. The highest BCUT2D eigenvalue weighted by atomic mass is 32.2. The van der Waals surface area contributed by atoms with E-state index in [0.29, 0.717) is 11.3 Å². The van der Waals surface area contributed by atoms with Crippen LogP contribution in [-0.4, -0.2) is 19.9 Å². The molecule has 0 atom stereocenters. The third-order valence-corrected chi connectivity index (χ3v) is 4.70. The minimum Gasteiger partial charge on any atom is -0.431 e. The Morgan fingerprint density at radius 2 is 1.74 bits per heavy atom. The van der Waals surface area contributed by atoms with Crippen LogP contribution in [0, 0.1) is 10.1 Å². The van der Waals surface area contributed by atoms with E-state index in [4.69, 9.17) is 4.74 Å². The van der Waals surface area contributed by atoms with Gasteiger partial charge in [0.05, 0.1) is 4.92 Å². The number of benzene rings is 2. The molecule has 2 aromatic heterocycles. The summed E-state index contributed by atoms with van der Waals surface area (Å²) in [5.74, 6) is 0.275. The number of nitro groups is 1. The fourth-order valence-electron chi connectivity index (χ4n) is 2.52. The Labute approximate surface area is 158 Å². The number of aromatic nitrogens is 3. The summed E-state index contributed by atoms with van der Waals surface area (Å²) in [7, 11) is 0. The van der Waals surface area contributed by atoms with E-state index in [2.05, 4.69) is 15.0 Å². The smallest absolute Gasteiger partial charge is 0.363 e. The second-order valence-corrected chi connectivity index (χ2v) is 6.50. The lowest BCUT2D eigenvalue weighted by Gasteiger charge is -2.09. The van der Waals surface area contributed by atoms with Gasteiger partial charge in [0.1, 0.15) is 11.8 Å². The van der Waals surface area contributed by atoms with Crippen LogP contribution in [0.2, 0.25) is 0 Å². The zero-order valence-corrected chi connectivity index (χ0v) is 14.7. The second-order valence-electron chi connectivity index (χ2n) is 5.44. The van der Waals surface area contributed by atoms with Crippen molar-refractivity contribution in [1.29, 1.82) is 0 Å². The molecule has 2 heterocycles. The first kappa shape index (κ1) is 16.9. The molecule has 0 N–H and O–H groups in total. The normalized spacial score (nSPS) is 10.7. The molecule has 27 heavy (non-hydrogen) atoms. The molecular weight excluding hydrogens is 364 g/mol. The van der Waals surface area contributed by atoms with Crippen molar-refractivity contribution >= 4 is 28.4 Å². The molecule has 0 spiro atoms. The first-order chi connectivity index (χ1) is 13.2. The van der Waals surface area contributed by atoms with Crippen LogP contribution < -0.4 is 4.74 Å². The van der Waals surface area contributed by atoms with Crippen molar-refractivity contribution in [1.82, 2.24) is 15.0 Å². The Morgan fingerprint density at radius 3 is 2.56 bits per heavy atom. The van der Waals surface area contributed by atoms with Gasteiger partial charge in [-0.3, -0.25) is 15.1 Å². The first-order valence-electron chi connectivity index (χ1n) is 7.96. The van der Waals surface area contributed by atoms with Gasteiger partial charge in [0.2, 0.25) is 0 Å². The van der Waals surface area contributed by atoms with Crippen LogP contribution in [0.15, 0.2) is 83.1 Å². The van der Waals surface area contributed by atoms with Crippen LogP contribution in [0.25, 0.3) is 10.9 Å². The van der Waals surface area contributed by atoms with Gasteiger partial charge in [-0.15, -0.1) is 0 Å². The first-order valence-corrected chi connectivity index (χ1v) is 8.78. The van der Waals surface area contributed by atoms with Crippen molar-refractivity contribution in [2.75, 3.05) is 0 Å². The molecule has 0 fully saturated rings. The number of ether oxygens (including phenoxy) is 1. The van der Waals surface area contributed by atoms with Gasteiger partial charge in [-0.05, 0) is 24.3 Å². The minimum absolute atomic E-state index is 0.119. The number of nitrogens with zero attached hydrogens (tertiary/aromatic N) is 4. The van der Waals surface area contributed by atoms with Crippen molar-refractivity contribution in [3.05, 3.63) is 83.3 Å². The Morgan fingerprint density at radius 1 is 0.926 bits per heavy atom. The fourth-order valence-corrected chi connectivity index (χ4v) is 3.39. The highest BCUT2D eigenvalue weighted by Crippen LogP contribution is 2.39. The summed E-state index contributed by atoms with van der Waals surface area (Å²) in [5.41, 5.74) is 0.324. The van der Waals surface area contributed by atoms with E-state index in [1.54, 1.807) is 18.3 Å². The molecule has 0 radical (unpaired) electrons. The average molecular weight is 376 g/mol. The van der Waals surface area contributed by atoms with Gasteiger partial charge in [0.15, 0.2) is 10.8 Å². The lowest BCUT2D eigenvalue weighted by Crippen LogP contribution is -2.00. The van der Waals surface area contributed by atoms with E-state index in [1.165, 1.54) is 18.1 Å². The molecule has 0 aliphatic rings. The molecule has 0 unspecified atom stereocenters. The largest absolute Gasteiger partial charge is 0.431 e. The molecule has 0 saturated carbocycles. The maximum atomic E-state index is 11.7. The summed E-state index contributed by atoms with van der Waals surface area (Å²) >= 11 is 1.18. The zero-order chi connectivity index (χ0) is 18.6. The number of rotatable bonds is 5. The number of hydrogen-bond acceptors (Lipinski definition) is 7. The van der Waals surface area contributed by atoms with Crippen molar-refractivity contribution in [3.63, 3.8) is 0 Å². The van der Waals surface area contributed by atoms with Crippen molar-refractivity contribution in [2.24, 2.45) is 0 Å². The standard InChI is InChI=1S/C19H12N4O3S/c24-23(25)17-18(21-12-22-19(17)27-14-8-2-1-3-9-14)26-15-10-4-6-13-7-5-11-20-16(13)15/h1-12H. The highest BCUT2D eigenvalue weighted by Gasteiger charge is 2.26. The molecule has 4 rings (SSSR count). The third kappa shape index (κ3) is 3.56. The van der Waals surface area contributed by atoms with Gasteiger partial charge in [-0.1, -0.05) is 48.2 Å². The fraction of sp³-hybridized carbons (Fsp3) is 0. The monoisotopic (exact) mass is 376 g/mol. The maximum Gasteiger partial charge on any atom is 0.363 e. The van der Waals surface area contributed by atoms with Crippen molar-refractivity contribution in [3.8, 4) is 11.6 Å². The molecule has 0 aliphatic carbocycles. The molecule has 0 bridgehead atoms. The van der Waals surface area contributed by atoms with Gasteiger partial charge in [0, 0.05) is 16.5 Å². The second kappa shape index (κ2) is 7.38. The van der Waals surface area contributed by atoms with Crippen LogP contribution in [-0.2, 0) is 0 Å². The highest BCUT2D eigenvalue weighted by molar-refractivity contribution is 7.99. The summed E-state index contributed by atoms with van der Waals surface area (Å²) < 4.78 is 5.79. The van der Waals surface area contributed by atoms with Crippen molar-refractivity contribution < 1.29 is 9.66 Å². The molecule has 8 heteroatoms. The molecule has 7 nitrogen and oxygen atoms in total. The molecular formula is C19H12N4O3S. The lowest BCUT2D eigenvalue weighted by atomic mass is 10.2. The van der Waals surface area contributed by atoms with E-state index >= 15 is 0 Å². The van der Waals surface area contributed by atoms with Gasteiger partial charge in [-0.25, -0.2) is 4.98 Å². The van der Waals surface area contributed by atoms with E-state index < -0.39 is 4.92 Å². The van der Waals surface area contributed by atoms with Gasteiger partial charge in [0.25, 0.3) is 0 Å². The Hall–Kier alpha value is -3.52. The van der Waals surface area contributed by atoms with E-state index in [-0.39, 0.29) is 16.6 Å². The van der Waals surface area contributed by atoms with Crippen LogP contribution in [0.3, 0.4) is 0 Å². The molecule has 4 aromatic rings. The maximum absolute atomic E-state index is 11.7. The van der Waals surface area contributed by atoms with Gasteiger partial charge in [-0.2, -0.15) is 4.98 Å². The van der Waals surface area contributed by atoms with Gasteiger partial charge >= 0.3 is 11.6 Å². The Kier molecular flexibility index (Phi) is 4.63. The lowest BCUT2D eigenvalue weighted by molar-refractivity contribution is -0.389. The number of pyridine rings is 1. The number of para-hydroxylation sites is 1. The SMILES string of the molecule is O=[N+]([O-])c1c(Oc2cccc3cccnc23)ncnc1Sc1ccccc1. The molecule has 0 aliphatic heterocycles. The molecule has 0 saturated heterocycles. The molecule has 0 amide bonds. The summed E-state index contributed by atoms with van der Waals surface area (Å²) in [6.45, 7) is 0. The zero-order valence-electron chi connectivity index (χ0n) is 13.9. The van der Waals surface area contributed by atoms with Crippen LogP contribution in [0.5, 0.6) is 11.6 Å². The quantitative estimate of drug-likeness (QED) is 0.278. The van der Waals surface area contributed by atoms with E-state index in [9.17, 15) is 10.1 Å². The minimum atomic E-state index is -0.529. The summed E-state index contributed by atoms with van der Waals surface area (Å²) in [6.07, 6.45) is 2.90. The van der Waals surface area contributed by atoms with Crippen LogP contribution in [0.4, 0.5) is 5.69 Å². The molecule has 2 aromatic carbocycles. The Balaban J connectivity index is 1.76. The average Bonchev–Trinajstić information content (AvgIpc) is 2.69. The topological polar surface area (TPSA) is 91.0 Å². The number of hydrogen-bond donors (Lipinski definition) is 0. The third-order valence-electron chi connectivity index (χ3n) is 3.70. The Bertz CT molecular complexity index is 1120. The van der Waals surface area contributed by atoms with Crippen LogP contribution >= 0.6 is 11.8 Å². The molecule has 132 valence electrons. The summed E-state index contributed by atoms with van der Waals surface area (Å²) in [6, 6.07) is 18.4. The van der Waals surface area contributed by atoms with E-state index in [0.717, 1.165) is 10.3 Å². The van der Waals surface area contributed by atoms with Crippen LogP contribution in [0.1, 0.15) is 0 Å². The predicted molar refractivity (Wildman–Crippen MR) is 101 cm³/mol. The summed E-state index contributed by atoms with van der Waals surface area (Å²) in [4.78, 5) is 24.4. The summed E-state index contributed by atoms with van der Waals surface area (Å²) in [5, 5.41) is 12.8. The number of fused-ring (bicyclic) bond motifs is 1.